The molecule has 0 radical (unpaired) electrons. The summed E-state index contributed by atoms with van der Waals surface area (Å²) in [7, 11) is -0.0397. The van der Waals surface area contributed by atoms with E-state index in [4.69, 9.17) is 9.05 Å². The minimum Gasteiger partial charge on any atom is -0.312 e. The van der Waals surface area contributed by atoms with Crippen LogP contribution in [0.15, 0.2) is 9.66 Å². The van der Waals surface area contributed by atoms with Gasteiger partial charge in [-0.25, -0.2) is 0 Å². The van der Waals surface area contributed by atoms with Gasteiger partial charge in [0.2, 0.25) is 0 Å². The molecule has 0 saturated heterocycles. The van der Waals surface area contributed by atoms with Crippen LogP contribution in [0.25, 0.3) is 0 Å². The van der Waals surface area contributed by atoms with Crippen LogP contribution in [-0.4, -0.2) is 20.4 Å². The lowest BCUT2D eigenvalue weighted by atomic mass is 10.4. The Morgan fingerprint density at radius 2 is 2.00 bits per heavy atom. The van der Waals surface area contributed by atoms with Crippen LogP contribution in [-0.2, 0) is 13.6 Å². The van der Waals surface area contributed by atoms with Crippen molar-refractivity contribution in [1.29, 1.82) is 0 Å². The Balaban J connectivity index is 4.20. The van der Waals surface area contributed by atoms with Gasteiger partial charge in [-0.05, 0) is 11.0 Å². The van der Waals surface area contributed by atoms with E-state index in [1.54, 1.807) is 0 Å². The largest absolute Gasteiger partial charge is 0.334 e. The van der Waals surface area contributed by atoms with E-state index in [0.717, 1.165) is 5.57 Å². The first kappa shape index (κ1) is 11.6. The van der Waals surface area contributed by atoms with Crippen molar-refractivity contribution in [2.24, 2.45) is 0 Å². The highest BCUT2D eigenvalue weighted by Crippen LogP contribution is 2.47. The molecule has 0 unspecified atom stereocenters. The van der Waals surface area contributed by atoms with Crippen LogP contribution in [0.1, 0.15) is 6.92 Å². The highest BCUT2D eigenvalue weighted by molar-refractivity contribution is 14.1. The lowest BCUT2D eigenvalue weighted by Crippen LogP contribution is -1.95. The molecule has 0 saturated carbocycles. The van der Waals surface area contributed by atoms with Crippen LogP contribution in [0.3, 0.4) is 0 Å². The number of hydrogen-bond donors (Lipinski definition) is 0. The number of rotatable bonds is 4. The molecule has 0 fully saturated rings. The van der Waals surface area contributed by atoms with Crippen molar-refractivity contribution in [3.05, 3.63) is 9.66 Å². The van der Waals surface area contributed by atoms with Gasteiger partial charge in [-0.1, -0.05) is 28.2 Å². The molecule has 5 heteroatoms. The summed E-state index contributed by atoms with van der Waals surface area (Å²) in [6, 6.07) is 0. The molecule has 0 aromatic heterocycles. The van der Waals surface area contributed by atoms with E-state index in [1.807, 2.05) is 11.0 Å². The zero-order valence-corrected chi connectivity index (χ0v) is 9.89. The maximum Gasteiger partial charge on any atom is 0.334 e. The minimum atomic E-state index is -2.83. The Kier molecular flexibility index (Phi) is 5.60. The summed E-state index contributed by atoms with van der Waals surface area (Å²) in [5, 5.41) is 0. The molecule has 11 heavy (non-hydrogen) atoms. The van der Waals surface area contributed by atoms with Gasteiger partial charge in [-0.2, -0.15) is 0 Å². The van der Waals surface area contributed by atoms with Crippen molar-refractivity contribution in [2.45, 2.75) is 6.92 Å². The Morgan fingerprint density at radius 1 is 1.55 bits per heavy atom. The van der Waals surface area contributed by atoms with E-state index in [0.29, 0.717) is 6.16 Å². The van der Waals surface area contributed by atoms with Crippen molar-refractivity contribution >= 4 is 30.2 Å². The Bertz CT molecular complexity index is 182. The lowest BCUT2D eigenvalue weighted by Gasteiger charge is -2.12. The fraction of sp³-hybridized carbons (Fsp3) is 0.667. The zero-order chi connectivity index (χ0) is 8.91. The monoisotopic (exact) mass is 290 g/mol. The van der Waals surface area contributed by atoms with Gasteiger partial charge < -0.3 is 9.05 Å². The van der Waals surface area contributed by atoms with Gasteiger partial charge in [0.05, 0.1) is 6.16 Å². The molecule has 0 aliphatic rings. The third-order valence-corrected chi connectivity index (χ3v) is 4.25. The quantitative estimate of drug-likeness (QED) is 0.590. The number of hydrogen-bond acceptors (Lipinski definition) is 3. The van der Waals surface area contributed by atoms with Gasteiger partial charge >= 0.3 is 7.60 Å². The molecule has 0 aromatic carbocycles. The molecule has 0 aliphatic heterocycles. The number of allylic oxidation sites excluding steroid dienone is 1. The van der Waals surface area contributed by atoms with Crippen molar-refractivity contribution in [1.82, 2.24) is 0 Å². The molecule has 0 bridgehead atoms. The van der Waals surface area contributed by atoms with Crippen molar-refractivity contribution < 1.29 is 13.6 Å². The fourth-order valence-electron chi connectivity index (χ4n) is 0.544. The molecule has 0 N–H and O–H groups in total. The van der Waals surface area contributed by atoms with Gasteiger partial charge in [0.15, 0.2) is 0 Å². The summed E-state index contributed by atoms with van der Waals surface area (Å²) in [6.07, 6.45) is 0.364. The van der Waals surface area contributed by atoms with Crippen LogP contribution in [0.4, 0.5) is 0 Å². The smallest absolute Gasteiger partial charge is 0.312 e. The van der Waals surface area contributed by atoms with Gasteiger partial charge in [-0.3, -0.25) is 4.57 Å². The molecule has 0 heterocycles. The van der Waals surface area contributed by atoms with Crippen molar-refractivity contribution in [3.63, 3.8) is 0 Å². The predicted molar refractivity (Wildman–Crippen MR) is 54.3 cm³/mol. The predicted octanol–water partition coefficient (Wildman–Crippen LogP) is 2.81. The Labute approximate surface area is 80.8 Å². The zero-order valence-electron chi connectivity index (χ0n) is 6.83. The molecule has 0 rings (SSSR count). The maximum absolute atomic E-state index is 11.4. The Morgan fingerprint density at radius 3 is 2.27 bits per heavy atom. The minimum absolute atomic E-state index is 0.364. The van der Waals surface area contributed by atoms with E-state index in [9.17, 15) is 4.57 Å². The second-order valence-electron chi connectivity index (χ2n) is 2.09. The van der Waals surface area contributed by atoms with Crippen LogP contribution < -0.4 is 0 Å². The molecule has 0 aliphatic carbocycles. The normalized spacial score (nSPS) is 13.6. The van der Waals surface area contributed by atoms with Gasteiger partial charge in [0.1, 0.15) is 0 Å². The average molecular weight is 290 g/mol. The molecule has 0 aromatic rings. The highest BCUT2D eigenvalue weighted by atomic mass is 127. The van der Waals surface area contributed by atoms with E-state index in [2.05, 4.69) is 22.6 Å². The van der Waals surface area contributed by atoms with E-state index in [1.165, 1.54) is 14.2 Å². The third kappa shape index (κ3) is 4.25. The first-order chi connectivity index (χ1) is 5.08. The van der Waals surface area contributed by atoms with E-state index >= 15 is 0 Å². The molecule has 3 nitrogen and oxygen atoms in total. The summed E-state index contributed by atoms with van der Waals surface area (Å²) in [5.41, 5.74) is 0.998. The molecular formula is C6H12IO3P. The standard InChI is InChI=1S/C6H12IO3P/c1-6(4-7)5-11(8,9-2)10-3/h4H,5H2,1-3H3/b6-4+. The summed E-state index contributed by atoms with van der Waals surface area (Å²) >= 11 is 2.09. The maximum atomic E-state index is 11.4. The van der Waals surface area contributed by atoms with Crippen molar-refractivity contribution in [3.8, 4) is 0 Å². The first-order valence-corrected chi connectivity index (χ1v) is 6.01. The van der Waals surface area contributed by atoms with Crippen LogP contribution in [0.2, 0.25) is 0 Å². The SMILES string of the molecule is COP(=O)(C/C(C)=C/I)OC. The third-order valence-electron chi connectivity index (χ3n) is 1.19. The van der Waals surface area contributed by atoms with Crippen LogP contribution >= 0.6 is 30.2 Å². The summed E-state index contributed by atoms with van der Waals surface area (Å²) in [6.45, 7) is 1.89. The molecule has 0 atom stereocenters. The molecular weight excluding hydrogens is 278 g/mol. The topological polar surface area (TPSA) is 35.5 Å². The highest BCUT2D eigenvalue weighted by Gasteiger charge is 2.20. The van der Waals surface area contributed by atoms with E-state index < -0.39 is 7.60 Å². The first-order valence-electron chi connectivity index (χ1n) is 3.04. The summed E-state index contributed by atoms with van der Waals surface area (Å²) < 4.78 is 22.8. The van der Waals surface area contributed by atoms with Crippen molar-refractivity contribution in [2.75, 3.05) is 20.4 Å². The Hall–Kier alpha value is 0.620. The molecule has 0 amide bonds. The van der Waals surface area contributed by atoms with Gasteiger partial charge in [0, 0.05) is 14.2 Å². The second-order valence-corrected chi connectivity index (χ2v) is 4.98. The number of halogens is 1. The molecule has 66 valence electrons. The second kappa shape index (κ2) is 5.30. The van der Waals surface area contributed by atoms with Crippen LogP contribution in [0, 0.1) is 0 Å². The summed E-state index contributed by atoms with van der Waals surface area (Å²) in [5.74, 6) is 0. The molecule has 0 spiro atoms. The van der Waals surface area contributed by atoms with Gasteiger partial charge in [0.25, 0.3) is 0 Å². The van der Waals surface area contributed by atoms with Gasteiger partial charge in [-0.15, -0.1) is 0 Å². The fourth-order valence-corrected chi connectivity index (χ4v) is 2.22. The summed E-state index contributed by atoms with van der Waals surface area (Å²) in [4.78, 5) is 0. The van der Waals surface area contributed by atoms with Crippen LogP contribution in [0.5, 0.6) is 0 Å². The van der Waals surface area contributed by atoms with E-state index in [-0.39, 0.29) is 0 Å². The lowest BCUT2D eigenvalue weighted by molar-refractivity contribution is 0.278. The average Bonchev–Trinajstić information content (AvgIpc) is 2.04.